The first kappa shape index (κ1) is 14.6. The zero-order valence-electron chi connectivity index (χ0n) is 11.4. The van der Waals surface area contributed by atoms with Crippen LogP contribution in [0.3, 0.4) is 0 Å². The Morgan fingerprint density at radius 1 is 1.40 bits per heavy atom. The molecule has 1 heterocycles. The van der Waals surface area contributed by atoms with Gasteiger partial charge in [-0.25, -0.2) is 4.79 Å². The summed E-state index contributed by atoms with van der Waals surface area (Å²) in [4.78, 5) is 10.9. The topological polar surface area (TPSA) is 75.2 Å². The van der Waals surface area contributed by atoms with Crippen LogP contribution in [0, 0.1) is 0 Å². The monoisotopic (exact) mass is 338 g/mol. The summed E-state index contributed by atoms with van der Waals surface area (Å²) < 4.78 is 6.34. The third-order valence-electron chi connectivity index (χ3n) is 3.03. The number of ether oxygens (including phenoxy) is 1. The molecule has 0 saturated carbocycles. The van der Waals surface area contributed by atoms with Crippen molar-refractivity contribution in [3.05, 3.63) is 33.9 Å². The zero-order chi connectivity index (χ0) is 14.9. The molecule has 0 aliphatic rings. The Morgan fingerprint density at radius 3 is 2.60 bits per heavy atom. The number of carbonyl (C=O) groups is 1. The lowest BCUT2D eigenvalue weighted by Gasteiger charge is -2.13. The van der Waals surface area contributed by atoms with Gasteiger partial charge in [0.2, 0.25) is 0 Å². The molecular formula is C14H15BrN2O3. The number of benzene rings is 1. The minimum atomic E-state index is -1.04. The lowest BCUT2D eigenvalue weighted by atomic mass is 9.99. The number of methoxy groups -OCH3 is 1. The first-order valence-electron chi connectivity index (χ1n) is 6.10. The maximum Gasteiger partial charge on any atom is 0.353 e. The first-order chi connectivity index (χ1) is 9.43. The van der Waals surface area contributed by atoms with E-state index in [1.165, 1.54) is 6.07 Å². The van der Waals surface area contributed by atoms with Crippen LogP contribution >= 0.6 is 15.9 Å². The van der Waals surface area contributed by atoms with Gasteiger partial charge in [-0.1, -0.05) is 29.8 Å². The summed E-state index contributed by atoms with van der Waals surface area (Å²) in [7, 11) is 1.58. The third-order valence-corrected chi connectivity index (χ3v) is 3.71. The molecule has 0 unspecified atom stereocenters. The largest absolute Gasteiger partial charge is 0.496 e. The Balaban J connectivity index is 2.55. The van der Waals surface area contributed by atoms with E-state index in [2.05, 4.69) is 40.0 Å². The quantitative estimate of drug-likeness (QED) is 0.891. The Bertz CT molecular complexity index is 650. The lowest BCUT2D eigenvalue weighted by molar-refractivity contribution is 0.0690. The van der Waals surface area contributed by atoms with Gasteiger partial charge in [-0.05, 0) is 29.7 Å². The maximum absolute atomic E-state index is 10.9. The van der Waals surface area contributed by atoms with Crippen LogP contribution < -0.4 is 4.74 Å². The average molecular weight is 339 g/mol. The van der Waals surface area contributed by atoms with E-state index in [-0.39, 0.29) is 5.69 Å². The SMILES string of the molecule is COc1cc(C(C)C)c(Br)cc1-c1cc(C(=O)O)[nH]n1. The van der Waals surface area contributed by atoms with E-state index < -0.39 is 5.97 Å². The van der Waals surface area contributed by atoms with Gasteiger partial charge in [0.15, 0.2) is 0 Å². The van der Waals surface area contributed by atoms with Crippen LogP contribution in [0.2, 0.25) is 0 Å². The molecule has 0 atom stereocenters. The molecule has 6 heteroatoms. The van der Waals surface area contributed by atoms with Gasteiger partial charge in [0.05, 0.1) is 12.8 Å². The van der Waals surface area contributed by atoms with Crippen LogP contribution in [-0.2, 0) is 0 Å². The third kappa shape index (κ3) is 2.70. The summed E-state index contributed by atoms with van der Waals surface area (Å²) >= 11 is 3.53. The van der Waals surface area contributed by atoms with E-state index in [4.69, 9.17) is 9.84 Å². The fourth-order valence-electron chi connectivity index (χ4n) is 1.95. The summed E-state index contributed by atoms with van der Waals surface area (Å²) in [6.07, 6.45) is 0. The maximum atomic E-state index is 10.9. The second-order valence-corrected chi connectivity index (χ2v) is 5.56. The van der Waals surface area contributed by atoms with Crippen LogP contribution in [0.1, 0.15) is 35.8 Å². The van der Waals surface area contributed by atoms with Crippen molar-refractivity contribution in [2.45, 2.75) is 19.8 Å². The van der Waals surface area contributed by atoms with E-state index in [0.717, 1.165) is 15.6 Å². The molecule has 0 saturated heterocycles. The fourth-order valence-corrected chi connectivity index (χ4v) is 2.75. The van der Waals surface area contributed by atoms with Crippen molar-refractivity contribution in [2.24, 2.45) is 0 Å². The van der Waals surface area contributed by atoms with Crippen molar-refractivity contribution < 1.29 is 14.6 Å². The molecule has 0 radical (unpaired) electrons. The number of carboxylic acids is 1. The number of carboxylic acid groups (broad SMARTS) is 1. The van der Waals surface area contributed by atoms with Crippen LogP contribution in [0.15, 0.2) is 22.7 Å². The molecular weight excluding hydrogens is 324 g/mol. The molecule has 0 amide bonds. The van der Waals surface area contributed by atoms with Crippen LogP contribution in [0.5, 0.6) is 5.75 Å². The Kier molecular flexibility index (Phi) is 4.13. The number of aromatic amines is 1. The van der Waals surface area contributed by atoms with Gasteiger partial charge in [-0.3, -0.25) is 5.10 Å². The van der Waals surface area contributed by atoms with Crippen molar-refractivity contribution in [2.75, 3.05) is 7.11 Å². The highest BCUT2D eigenvalue weighted by molar-refractivity contribution is 9.10. The Labute approximate surface area is 125 Å². The van der Waals surface area contributed by atoms with E-state index in [9.17, 15) is 4.79 Å². The molecule has 0 fully saturated rings. The van der Waals surface area contributed by atoms with Gasteiger partial charge in [-0.2, -0.15) is 5.10 Å². The van der Waals surface area contributed by atoms with Crippen molar-refractivity contribution >= 4 is 21.9 Å². The molecule has 0 aliphatic carbocycles. The van der Waals surface area contributed by atoms with Gasteiger partial charge in [-0.15, -0.1) is 0 Å². The van der Waals surface area contributed by atoms with Crippen LogP contribution in [0.4, 0.5) is 0 Å². The first-order valence-corrected chi connectivity index (χ1v) is 6.89. The summed E-state index contributed by atoms with van der Waals surface area (Å²) in [6, 6.07) is 5.33. The molecule has 0 aliphatic heterocycles. The Hall–Kier alpha value is -1.82. The molecule has 2 rings (SSSR count). The Morgan fingerprint density at radius 2 is 2.10 bits per heavy atom. The number of aromatic nitrogens is 2. The highest BCUT2D eigenvalue weighted by Gasteiger charge is 2.16. The number of H-pyrrole nitrogens is 1. The van der Waals surface area contributed by atoms with Crippen LogP contribution in [-0.4, -0.2) is 28.4 Å². The average Bonchev–Trinajstić information content (AvgIpc) is 2.87. The predicted octanol–water partition coefficient (Wildman–Crippen LogP) is 3.67. The minimum Gasteiger partial charge on any atom is -0.496 e. The molecule has 0 spiro atoms. The van der Waals surface area contributed by atoms with E-state index in [1.807, 2.05) is 12.1 Å². The standard InChI is InChI=1S/C14H15BrN2O3/c1-7(2)8-5-13(20-3)9(4-10(8)15)11-6-12(14(18)19)17-16-11/h4-7H,1-3H3,(H,16,17)(H,18,19). The molecule has 2 aromatic rings. The highest BCUT2D eigenvalue weighted by atomic mass is 79.9. The molecule has 20 heavy (non-hydrogen) atoms. The number of halogens is 1. The van der Waals surface area contributed by atoms with E-state index in [0.29, 0.717) is 17.4 Å². The normalized spacial score (nSPS) is 10.8. The van der Waals surface area contributed by atoms with Crippen molar-refractivity contribution in [3.63, 3.8) is 0 Å². The van der Waals surface area contributed by atoms with Crippen molar-refractivity contribution in [1.29, 1.82) is 0 Å². The van der Waals surface area contributed by atoms with E-state index >= 15 is 0 Å². The molecule has 5 nitrogen and oxygen atoms in total. The summed E-state index contributed by atoms with van der Waals surface area (Å²) in [5.74, 6) is -0.0259. The molecule has 106 valence electrons. The number of aromatic carboxylic acids is 1. The summed E-state index contributed by atoms with van der Waals surface area (Å²) in [6.45, 7) is 4.19. The van der Waals surface area contributed by atoms with Gasteiger partial charge in [0.25, 0.3) is 0 Å². The number of nitrogens with zero attached hydrogens (tertiary/aromatic N) is 1. The van der Waals surface area contributed by atoms with Gasteiger partial charge in [0.1, 0.15) is 11.4 Å². The van der Waals surface area contributed by atoms with Gasteiger partial charge >= 0.3 is 5.97 Å². The number of hydrogen-bond donors (Lipinski definition) is 2. The lowest BCUT2D eigenvalue weighted by Crippen LogP contribution is -1.95. The minimum absolute atomic E-state index is 0.0473. The van der Waals surface area contributed by atoms with Crippen LogP contribution in [0.25, 0.3) is 11.3 Å². The molecule has 2 N–H and O–H groups in total. The highest BCUT2D eigenvalue weighted by Crippen LogP contribution is 2.37. The molecule has 1 aromatic carbocycles. The second-order valence-electron chi connectivity index (χ2n) is 4.70. The smallest absolute Gasteiger partial charge is 0.353 e. The fraction of sp³-hybridized carbons (Fsp3) is 0.286. The summed E-state index contributed by atoms with van der Waals surface area (Å²) in [5.41, 5.74) is 2.45. The molecule has 1 aromatic heterocycles. The number of rotatable bonds is 4. The second kappa shape index (κ2) is 5.66. The number of hydrogen-bond acceptors (Lipinski definition) is 3. The zero-order valence-corrected chi connectivity index (χ0v) is 13.0. The molecule has 0 bridgehead atoms. The van der Waals surface area contributed by atoms with Gasteiger partial charge < -0.3 is 9.84 Å². The van der Waals surface area contributed by atoms with Gasteiger partial charge in [0, 0.05) is 10.0 Å². The summed E-state index contributed by atoms with van der Waals surface area (Å²) in [5, 5.41) is 15.4. The van der Waals surface area contributed by atoms with Crippen molar-refractivity contribution in [3.8, 4) is 17.0 Å². The van der Waals surface area contributed by atoms with E-state index in [1.54, 1.807) is 7.11 Å². The predicted molar refractivity (Wildman–Crippen MR) is 79.3 cm³/mol. The number of nitrogens with one attached hydrogen (secondary N) is 1. The van der Waals surface area contributed by atoms with Crippen molar-refractivity contribution in [1.82, 2.24) is 10.2 Å².